The molecule has 0 atom stereocenters. The van der Waals surface area contributed by atoms with Crippen LogP contribution in [0.2, 0.25) is 0 Å². The Morgan fingerprint density at radius 3 is 2.22 bits per heavy atom. The molecule has 0 aliphatic carbocycles. The SMILES string of the molecule is CC.Cc1c(C(=O)NCc2ccccc2)c2cccc(F)c2c(=O)n1-c1ccc(F)cc1. The zero-order valence-corrected chi connectivity index (χ0v) is 18.2. The van der Waals surface area contributed by atoms with Gasteiger partial charge in [-0.05, 0) is 42.8 Å². The van der Waals surface area contributed by atoms with Crippen molar-refractivity contribution in [1.29, 1.82) is 0 Å². The first-order chi connectivity index (χ1) is 15.5. The molecule has 0 fully saturated rings. The first kappa shape index (κ1) is 22.9. The second-order valence-electron chi connectivity index (χ2n) is 6.91. The molecule has 3 aromatic carbocycles. The third-order valence-corrected chi connectivity index (χ3v) is 5.00. The Kier molecular flexibility index (Phi) is 7.15. The Labute approximate surface area is 185 Å². The number of carbonyl (C=O) groups excluding carboxylic acids is 1. The van der Waals surface area contributed by atoms with E-state index in [9.17, 15) is 18.4 Å². The minimum atomic E-state index is -0.717. The van der Waals surface area contributed by atoms with Crippen molar-refractivity contribution in [3.8, 4) is 5.69 Å². The molecule has 4 rings (SSSR count). The third kappa shape index (κ3) is 4.44. The summed E-state index contributed by atoms with van der Waals surface area (Å²) in [4.78, 5) is 26.2. The van der Waals surface area contributed by atoms with Gasteiger partial charge in [-0.2, -0.15) is 0 Å². The minimum Gasteiger partial charge on any atom is -0.348 e. The predicted octanol–water partition coefficient (Wildman–Crippen LogP) is 5.53. The average Bonchev–Trinajstić information content (AvgIpc) is 2.81. The van der Waals surface area contributed by atoms with Crippen molar-refractivity contribution in [2.24, 2.45) is 0 Å². The summed E-state index contributed by atoms with van der Waals surface area (Å²) >= 11 is 0. The number of benzene rings is 3. The lowest BCUT2D eigenvalue weighted by Gasteiger charge is -2.17. The molecule has 0 unspecified atom stereocenters. The van der Waals surface area contributed by atoms with E-state index in [1.807, 2.05) is 44.2 Å². The van der Waals surface area contributed by atoms with Gasteiger partial charge in [-0.1, -0.05) is 56.3 Å². The average molecular weight is 434 g/mol. The number of rotatable bonds is 4. The zero-order valence-electron chi connectivity index (χ0n) is 18.2. The number of hydrogen-bond acceptors (Lipinski definition) is 2. The number of nitrogens with zero attached hydrogens (tertiary/aromatic N) is 1. The summed E-state index contributed by atoms with van der Waals surface area (Å²) in [5, 5.41) is 2.89. The van der Waals surface area contributed by atoms with Crippen molar-refractivity contribution in [2.75, 3.05) is 0 Å². The Morgan fingerprint density at radius 1 is 0.906 bits per heavy atom. The fraction of sp³-hybridized carbons (Fsp3) is 0.154. The van der Waals surface area contributed by atoms with Gasteiger partial charge in [-0.15, -0.1) is 0 Å². The lowest BCUT2D eigenvalue weighted by atomic mass is 10.0. The molecule has 0 aliphatic rings. The normalized spacial score (nSPS) is 10.4. The Hall–Kier alpha value is -3.80. The van der Waals surface area contributed by atoms with Crippen molar-refractivity contribution < 1.29 is 13.6 Å². The van der Waals surface area contributed by atoms with Crippen molar-refractivity contribution in [3.63, 3.8) is 0 Å². The van der Waals surface area contributed by atoms with Gasteiger partial charge in [0.2, 0.25) is 0 Å². The van der Waals surface area contributed by atoms with Crippen molar-refractivity contribution in [1.82, 2.24) is 9.88 Å². The van der Waals surface area contributed by atoms with Crippen molar-refractivity contribution >= 4 is 16.7 Å². The van der Waals surface area contributed by atoms with E-state index in [-0.39, 0.29) is 22.9 Å². The van der Waals surface area contributed by atoms with Gasteiger partial charge in [0.15, 0.2) is 0 Å². The van der Waals surface area contributed by atoms with Crippen LogP contribution in [0.4, 0.5) is 8.78 Å². The molecule has 0 bridgehead atoms. The molecule has 0 saturated heterocycles. The molecule has 0 spiro atoms. The molecule has 4 aromatic rings. The van der Waals surface area contributed by atoms with Gasteiger partial charge in [0.25, 0.3) is 11.5 Å². The van der Waals surface area contributed by atoms with Crippen LogP contribution in [0.3, 0.4) is 0 Å². The van der Waals surface area contributed by atoms with Gasteiger partial charge >= 0.3 is 0 Å². The highest BCUT2D eigenvalue weighted by molar-refractivity contribution is 6.08. The molecular formula is C26H24F2N2O2. The largest absolute Gasteiger partial charge is 0.348 e. The summed E-state index contributed by atoms with van der Waals surface area (Å²) in [5.74, 6) is -1.61. The van der Waals surface area contributed by atoms with Crippen LogP contribution in [0, 0.1) is 18.6 Å². The summed E-state index contributed by atoms with van der Waals surface area (Å²) in [5.41, 5.74) is 1.19. The molecular weight excluding hydrogens is 410 g/mol. The maximum atomic E-state index is 14.6. The molecule has 0 saturated carbocycles. The second-order valence-corrected chi connectivity index (χ2v) is 6.91. The van der Waals surface area contributed by atoms with E-state index in [1.165, 1.54) is 41.0 Å². The predicted molar refractivity (Wildman–Crippen MR) is 123 cm³/mol. The van der Waals surface area contributed by atoms with Gasteiger partial charge in [0.1, 0.15) is 11.6 Å². The molecule has 1 aromatic heterocycles. The number of halogens is 2. The minimum absolute atomic E-state index is 0.183. The molecule has 4 nitrogen and oxygen atoms in total. The molecule has 1 heterocycles. The maximum absolute atomic E-state index is 14.6. The smallest absolute Gasteiger partial charge is 0.266 e. The quantitative estimate of drug-likeness (QED) is 0.459. The Morgan fingerprint density at radius 2 is 1.56 bits per heavy atom. The summed E-state index contributed by atoms with van der Waals surface area (Å²) < 4.78 is 29.2. The zero-order chi connectivity index (χ0) is 23.3. The van der Waals surface area contributed by atoms with Gasteiger partial charge in [-0.25, -0.2) is 8.78 Å². The summed E-state index contributed by atoms with van der Waals surface area (Å²) in [6.45, 7) is 5.90. The molecule has 1 amide bonds. The fourth-order valence-corrected chi connectivity index (χ4v) is 3.57. The van der Waals surface area contributed by atoms with E-state index in [2.05, 4.69) is 5.32 Å². The van der Waals surface area contributed by atoms with E-state index >= 15 is 0 Å². The molecule has 6 heteroatoms. The van der Waals surface area contributed by atoms with Crippen LogP contribution in [0.15, 0.2) is 77.6 Å². The van der Waals surface area contributed by atoms with Gasteiger partial charge in [0, 0.05) is 23.3 Å². The second kappa shape index (κ2) is 10.0. The highest BCUT2D eigenvalue weighted by Gasteiger charge is 2.22. The lowest BCUT2D eigenvalue weighted by Crippen LogP contribution is -2.30. The van der Waals surface area contributed by atoms with E-state index in [1.54, 1.807) is 13.0 Å². The number of hydrogen-bond donors (Lipinski definition) is 1. The molecule has 0 radical (unpaired) electrons. The molecule has 164 valence electrons. The van der Waals surface area contributed by atoms with Crippen LogP contribution in [-0.4, -0.2) is 10.5 Å². The van der Waals surface area contributed by atoms with Crippen LogP contribution in [0.1, 0.15) is 35.5 Å². The topological polar surface area (TPSA) is 51.1 Å². The van der Waals surface area contributed by atoms with Crippen LogP contribution in [0.25, 0.3) is 16.5 Å². The number of fused-ring (bicyclic) bond motifs is 1. The van der Waals surface area contributed by atoms with Gasteiger partial charge in [0.05, 0.1) is 10.9 Å². The standard InChI is InChI=1S/C24H18F2N2O2.C2H6/c1-15-21(23(29)27-14-16-6-3-2-4-7-16)19-8-5-9-20(26)22(19)24(30)28(15)18-12-10-17(25)11-13-18;1-2/h2-13H,14H2,1H3,(H,27,29);1-2H3. The highest BCUT2D eigenvalue weighted by atomic mass is 19.1. The highest BCUT2D eigenvalue weighted by Crippen LogP contribution is 2.24. The molecule has 1 N–H and O–H groups in total. The van der Waals surface area contributed by atoms with Crippen LogP contribution in [0.5, 0.6) is 0 Å². The number of aromatic nitrogens is 1. The van der Waals surface area contributed by atoms with Crippen LogP contribution >= 0.6 is 0 Å². The lowest BCUT2D eigenvalue weighted by molar-refractivity contribution is 0.0951. The van der Waals surface area contributed by atoms with E-state index in [0.29, 0.717) is 11.4 Å². The van der Waals surface area contributed by atoms with E-state index < -0.39 is 23.1 Å². The number of amides is 1. The molecule has 0 aliphatic heterocycles. The number of pyridine rings is 1. The van der Waals surface area contributed by atoms with Gasteiger partial charge < -0.3 is 5.32 Å². The summed E-state index contributed by atoms with van der Waals surface area (Å²) in [6.07, 6.45) is 0. The number of carbonyl (C=O) groups is 1. The summed E-state index contributed by atoms with van der Waals surface area (Å²) in [7, 11) is 0. The fourth-order valence-electron chi connectivity index (χ4n) is 3.57. The van der Waals surface area contributed by atoms with E-state index in [0.717, 1.165) is 5.56 Å². The third-order valence-electron chi connectivity index (χ3n) is 5.00. The Bertz CT molecular complexity index is 1300. The van der Waals surface area contributed by atoms with Crippen LogP contribution < -0.4 is 10.9 Å². The van der Waals surface area contributed by atoms with Crippen LogP contribution in [-0.2, 0) is 6.54 Å². The maximum Gasteiger partial charge on any atom is 0.266 e. The van der Waals surface area contributed by atoms with E-state index in [4.69, 9.17) is 0 Å². The monoisotopic (exact) mass is 434 g/mol. The molecule has 32 heavy (non-hydrogen) atoms. The van der Waals surface area contributed by atoms with Crippen molar-refractivity contribution in [3.05, 3.63) is 112 Å². The Balaban J connectivity index is 0.00000141. The summed E-state index contributed by atoms with van der Waals surface area (Å²) in [6, 6.07) is 18.8. The van der Waals surface area contributed by atoms with Crippen molar-refractivity contribution in [2.45, 2.75) is 27.3 Å². The first-order valence-corrected chi connectivity index (χ1v) is 10.4. The van der Waals surface area contributed by atoms with Gasteiger partial charge in [-0.3, -0.25) is 14.2 Å². The number of nitrogens with one attached hydrogen (secondary N) is 1. The first-order valence-electron chi connectivity index (χ1n) is 10.4.